The summed E-state index contributed by atoms with van der Waals surface area (Å²) in [4.78, 5) is 15.2. The van der Waals surface area contributed by atoms with E-state index in [0.29, 0.717) is 28.9 Å². The van der Waals surface area contributed by atoms with Gasteiger partial charge in [0, 0.05) is 22.3 Å². The average Bonchev–Trinajstić information content (AvgIpc) is 3.24. The van der Waals surface area contributed by atoms with Gasteiger partial charge in [-0.2, -0.15) is 5.10 Å². The van der Waals surface area contributed by atoms with E-state index in [-0.39, 0.29) is 0 Å². The van der Waals surface area contributed by atoms with Crippen LogP contribution in [0.2, 0.25) is 0 Å². The molecule has 6 heteroatoms. The topological polar surface area (TPSA) is 86.9 Å². The summed E-state index contributed by atoms with van der Waals surface area (Å²) in [6.45, 7) is 0. The number of anilines is 1. The number of hydrazone groups is 1. The zero-order chi connectivity index (χ0) is 35.6. The molecular weight excluding hydrogens is 649 g/mol. The summed E-state index contributed by atoms with van der Waals surface area (Å²) < 4.78 is 0. The molecule has 7 aromatic carbocycles. The lowest BCUT2D eigenvalue weighted by Gasteiger charge is -2.17. The highest BCUT2D eigenvalue weighted by atomic mass is 15.3. The van der Waals surface area contributed by atoms with E-state index in [9.17, 15) is 5.41 Å². The van der Waals surface area contributed by atoms with Gasteiger partial charge >= 0.3 is 0 Å². The van der Waals surface area contributed by atoms with Crippen molar-refractivity contribution in [1.82, 2.24) is 15.0 Å². The van der Waals surface area contributed by atoms with Crippen molar-refractivity contribution in [3.05, 3.63) is 187 Å². The molecule has 0 amide bonds. The fourth-order valence-corrected chi connectivity index (χ4v) is 6.77. The Kier molecular flexibility index (Phi) is 8.23. The van der Waals surface area contributed by atoms with E-state index in [2.05, 4.69) is 77.3 Å². The first-order valence-corrected chi connectivity index (χ1v) is 17.5. The van der Waals surface area contributed by atoms with Crippen LogP contribution in [-0.2, 0) is 0 Å². The number of fused-ring (bicyclic) bond motifs is 3. The lowest BCUT2D eigenvalue weighted by atomic mass is 9.88. The van der Waals surface area contributed by atoms with E-state index in [1.165, 1.54) is 0 Å². The van der Waals surface area contributed by atoms with E-state index in [1.54, 1.807) is 0 Å². The van der Waals surface area contributed by atoms with E-state index in [1.807, 2.05) is 115 Å². The van der Waals surface area contributed by atoms with Gasteiger partial charge in [-0.1, -0.05) is 152 Å². The van der Waals surface area contributed by atoms with Crippen molar-refractivity contribution in [3.8, 4) is 56.4 Å². The molecule has 0 atom stereocenters. The van der Waals surface area contributed by atoms with E-state index < -0.39 is 0 Å². The van der Waals surface area contributed by atoms with Crippen molar-refractivity contribution in [2.45, 2.75) is 0 Å². The van der Waals surface area contributed by atoms with Crippen molar-refractivity contribution in [1.29, 1.82) is 5.41 Å². The zero-order valence-electron chi connectivity index (χ0n) is 28.6. The van der Waals surface area contributed by atoms with Gasteiger partial charge < -0.3 is 0 Å². The number of allylic oxidation sites excluding steroid dienone is 1. The van der Waals surface area contributed by atoms with E-state index in [0.717, 1.165) is 66.5 Å². The third-order valence-electron chi connectivity index (χ3n) is 9.43. The second-order valence-corrected chi connectivity index (χ2v) is 12.8. The van der Waals surface area contributed by atoms with Crippen LogP contribution in [0, 0.1) is 5.41 Å². The van der Waals surface area contributed by atoms with Crippen molar-refractivity contribution in [3.63, 3.8) is 0 Å². The first-order chi connectivity index (χ1) is 26.2. The molecule has 0 radical (unpaired) electrons. The molecule has 250 valence electrons. The Balaban J connectivity index is 1.13. The highest BCUT2D eigenvalue weighted by Gasteiger charge is 2.20. The monoisotopic (exact) mass is 680 g/mol. The first-order valence-electron chi connectivity index (χ1n) is 17.5. The number of nitrogens with zero attached hydrogens (tertiary/aromatic N) is 4. The molecule has 0 fully saturated rings. The number of rotatable bonds is 7. The third kappa shape index (κ3) is 6.30. The highest BCUT2D eigenvalue weighted by molar-refractivity contribution is 6.55. The molecule has 0 unspecified atom stereocenters. The summed E-state index contributed by atoms with van der Waals surface area (Å²) >= 11 is 0. The Morgan fingerprint density at radius 3 is 1.81 bits per heavy atom. The summed E-state index contributed by atoms with van der Waals surface area (Å²) in [5.74, 6) is 1.82. The van der Waals surface area contributed by atoms with Crippen LogP contribution in [0.1, 0.15) is 11.1 Å². The Morgan fingerprint density at radius 1 is 0.453 bits per heavy atom. The molecule has 53 heavy (non-hydrogen) atoms. The minimum Gasteiger partial charge on any atom is -0.298 e. The molecule has 0 bridgehead atoms. The van der Waals surface area contributed by atoms with Crippen LogP contribution in [0.25, 0.3) is 73.3 Å². The minimum absolute atomic E-state index is 0.379. The first kappa shape index (κ1) is 31.7. The summed E-state index contributed by atoms with van der Waals surface area (Å²) in [5.41, 5.74) is 13.7. The van der Waals surface area contributed by atoms with Crippen LogP contribution >= 0.6 is 0 Å². The quantitative estimate of drug-likeness (QED) is 0.164. The summed E-state index contributed by atoms with van der Waals surface area (Å²) in [6.07, 6.45) is 3.93. The third-order valence-corrected chi connectivity index (χ3v) is 9.43. The van der Waals surface area contributed by atoms with Crippen LogP contribution in [0.3, 0.4) is 0 Å². The normalized spacial score (nSPS) is 12.9. The smallest absolute Gasteiger partial charge is 0.164 e. The summed E-state index contributed by atoms with van der Waals surface area (Å²) in [6, 6.07) is 57.4. The maximum absolute atomic E-state index is 9.20. The van der Waals surface area contributed by atoms with Gasteiger partial charge in [0.2, 0.25) is 0 Å². The molecule has 0 saturated carbocycles. The Morgan fingerprint density at radius 2 is 1.04 bits per heavy atom. The largest absolute Gasteiger partial charge is 0.298 e. The molecule has 0 saturated heterocycles. The summed E-state index contributed by atoms with van der Waals surface area (Å²) in [7, 11) is 0. The minimum atomic E-state index is 0.379. The number of hydrogen-bond donors (Lipinski definition) is 2. The second kappa shape index (κ2) is 13.8. The number of hydrogen-bond acceptors (Lipinski definition) is 6. The number of benzene rings is 7. The van der Waals surface area contributed by atoms with Crippen molar-refractivity contribution < 1.29 is 0 Å². The predicted molar refractivity (Wildman–Crippen MR) is 218 cm³/mol. The van der Waals surface area contributed by atoms with Crippen molar-refractivity contribution in [2.24, 2.45) is 5.10 Å². The lowest BCUT2D eigenvalue weighted by molar-refractivity contribution is 1.07. The Hall–Kier alpha value is -7.31. The fraction of sp³-hybridized carbons (Fsp3) is 0. The predicted octanol–water partition coefficient (Wildman–Crippen LogP) is 11.2. The fourth-order valence-electron chi connectivity index (χ4n) is 6.77. The molecular formula is C47H32N6. The molecule has 1 aliphatic carbocycles. The van der Waals surface area contributed by atoms with Crippen molar-refractivity contribution >= 4 is 34.0 Å². The van der Waals surface area contributed by atoms with Crippen LogP contribution in [-0.4, -0.2) is 26.4 Å². The van der Waals surface area contributed by atoms with Gasteiger partial charge in [0.05, 0.1) is 11.4 Å². The molecule has 8 aromatic rings. The molecule has 0 aliphatic heterocycles. The van der Waals surface area contributed by atoms with E-state index in [4.69, 9.17) is 15.0 Å². The molecule has 1 aromatic heterocycles. The average molecular weight is 681 g/mol. The SMILES string of the molecule is N=C1/C(=N\Nc2ccccc2)C=Cc2ccc3ccc(-c4cccc(-c5nc(-c6ccccc6)nc(-c6ccccc6-c6ccccc6)n5)c4)cc3c21. The number of aromatic nitrogens is 3. The summed E-state index contributed by atoms with van der Waals surface area (Å²) in [5, 5.41) is 15.8. The van der Waals surface area contributed by atoms with Crippen LogP contribution in [0.5, 0.6) is 0 Å². The van der Waals surface area contributed by atoms with Crippen LogP contribution < -0.4 is 5.43 Å². The highest BCUT2D eigenvalue weighted by Crippen LogP contribution is 2.35. The van der Waals surface area contributed by atoms with E-state index >= 15 is 0 Å². The van der Waals surface area contributed by atoms with Gasteiger partial charge in [-0.25, -0.2) is 15.0 Å². The Bertz CT molecular complexity index is 2700. The van der Waals surface area contributed by atoms with Crippen LogP contribution in [0.4, 0.5) is 5.69 Å². The van der Waals surface area contributed by atoms with Gasteiger partial charge in [0.25, 0.3) is 0 Å². The lowest BCUT2D eigenvalue weighted by Crippen LogP contribution is -2.18. The molecule has 2 N–H and O–H groups in total. The van der Waals surface area contributed by atoms with Gasteiger partial charge in [0.15, 0.2) is 17.5 Å². The maximum Gasteiger partial charge on any atom is 0.164 e. The zero-order valence-corrected chi connectivity index (χ0v) is 28.6. The van der Waals surface area contributed by atoms with Gasteiger partial charge in [-0.3, -0.25) is 10.8 Å². The van der Waals surface area contributed by atoms with Crippen molar-refractivity contribution in [2.75, 3.05) is 5.43 Å². The molecule has 1 aliphatic rings. The van der Waals surface area contributed by atoms with Gasteiger partial charge in [0.1, 0.15) is 5.71 Å². The second-order valence-electron chi connectivity index (χ2n) is 12.8. The number of nitrogens with one attached hydrogen (secondary N) is 2. The molecule has 0 spiro atoms. The molecule has 1 heterocycles. The molecule has 9 rings (SSSR count). The standard InChI is InChI=1S/C47H32N6/c48-44-42(53-52-38-19-8-3-9-20-38)28-27-33-25-23-32-24-26-36(30-41(32)43(33)44)35-17-12-18-37(29-35)46-49-45(34-15-6-2-7-16-34)50-47(51-46)40-22-11-10-21-39(40)31-13-4-1-5-14-31/h1-30,48,52H/b48-44?,53-42-. The van der Waals surface area contributed by atoms with Gasteiger partial charge in [-0.15, -0.1) is 0 Å². The van der Waals surface area contributed by atoms with Gasteiger partial charge in [-0.05, 0) is 68.9 Å². The maximum atomic E-state index is 9.20. The Labute approximate surface area is 307 Å². The molecule has 6 nitrogen and oxygen atoms in total. The van der Waals surface area contributed by atoms with Crippen LogP contribution in [0.15, 0.2) is 181 Å². The number of para-hydroxylation sites is 1.